The third-order valence-corrected chi connectivity index (χ3v) is 3.39. The first-order chi connectivity index (χ1) is 4.02. The molecule has 1 atom stereocenters. The van der Waals surface area contributed by atoms with Crippen LogP contribution < -0.4 is 5.73 Å². The third-order valence-electron chi connectivity index (χ3n) is 1.57. The summed E-state index contributed by atoms with van der Waals surface area (Å²) in [7, 11) is -0.530. The molecule has 0 aromatic rings. The molecule has 1 nitrogen and oxygen atoms in total. The van der Waals surface area contributed by atoms with Crippen molar-refractivity contribution >= 4 is 10.0 Å². The van der Waals surface area contributed by atoms with Crippen molar-refractivity contribution in [1.29, 1.82) is 0 Å². The summed E-state index contributed by atoms with van der Waals surface area (Å²) in [6, 6.07) is 0. The Morgan fingerprint density at radius 2 is 2.00 bits per heavy atom. The van der Waals surface area contributed by atoms with Crippen LogP contribution in [0.25, 0.3) is 0 Å². The lowest BCUT2D eigenvalue weighted by Gasteiger charge is -2.31. The van der Waals surface area contributed by atoms with Crippen molar-refractivity contribution in [1.82, 2.24) is 0 Å². The fourth-order valence-corrected chi connectivity index (χ4v) is 1.85. The first kappa shape index (κ1) is 7.16. The lowest BCUT2D eigenvalue weighted by atomic mass is 10.5. The molecule has 0 aromatic carbocycles. The SMILES string of the molecule is CS(C)(C)C(N)C1=CC1. The molecule has 54 valence electrons. The summed E-state index contributed by atoms with van der Waals surface area (Å²) in [6.45, 7) is 0. The van der Waals surface area contributed by atoms with Gasteiger partial charge in [0.1, 0.15) is 0 Å². The second-order valence-electron chi connectivity index (χ2n) is 3.34. The molecule has 0 spiro atoms. The molecule has 0 fully saturated rings. The fraction of sp³-hybridized carbons (Fsp3) is 0.714. The van der Waals surface area contributed by atoms with Crippen molar-refractivity contribution in [3.8, 4) is 0 Å². The van der Waals surface area contributed by atoms with Gasteiger partial charge in [-0.3, -0.25) is 0 Å². The van der Waals surface area contributed by atoms with Gasteiger partial charge in [0, 0.05) is 0 Å². The molecule has 1 unspecified atom stereocenters. The zero-order valence-electron chi connectivity index (χ0n) is 6.35. The highest BCUT2D eigenvalue weighted by Crippen LogP contribution is 2.45. The summed E-state index contributed by atoms with van der Waals surface area (Å²) < 4.78 is 0. The van der Waals surface area contributed by atoms with E-state index >= 15 is 0 Å². The van der Waals surface area contributed by atoms with Crippen LogP contribution in [0.2, 0.25) is 0 Å². The second-order valence-corrected chi connectivity index (χ2v) is 7.71. The summed E-state index contributed by atoms with van der Waals surface area (Å²) in [5.41, 5.74) is 7.39. The molecule has 0 aromatic heterocycles. The minimum Gasteiger partial charge on any atom is -0.317 e. The van der Waals surface area contributed by atoms with E-state index in [1.165, 1.54) is 12.0 Å². The van der Waals surface area contributed by atoms with Gasteiger partial charge in [-0.05, 0) is 30.8 Å². The predicted molar refractivity (Wildman–Crippen MR) is 46.0 cm³/mol. The Balaban J connectivity index is 2.50. The van der Waals surface area contributed by atoms with Gasteiger partial charge in [-0.15, -0.1) is 0 Å². The van der Waals surface area contributed by atoms with Gasteiger partial charge in [0.25, 0.3) is 0 Å². The number of rotatable bonds is 2. The van der Waals surface area contributed by atoms with Gasteiger partial charge < -0.3 is 5.73 Å². The van der Waals surface area contributed by atoms with E-state index in [0.29, 0.717) is 5.37 Å². The van der Waals surface area contributed by atoms with Crippen molar-refractivity contribution in [3.05, 3.63) is 11.6 Å². The smallest absolute Gasteiger partial charge is 0.0566 e. The van der Waals surface area contributed by atoms with Gasteiger partial charge >= 0.3 is 0 Å². The van der Waals surface area contributed by atoms with E-state index in [1.54, 1.807) is 0 Å². The van der Waals surface area contributed by atoms with Crippen LogP contribution in [-0.4, -0.2) is 24.1 Å². The van der Waals surface area contributed by atoms with Gasteiger partial charge in [0.15, 0.2) is 0 Å². The van der Waals surface area contributed by atoms with Gasteiger partial charge in [-0.25, -0.2) is 10.0 Å². The molecule has 0 aliphatic heterocycles. The summed E-state index contributed by atoms with van der Waals surface area (Å²) in [6.07, 6.45) is 10.2. The van der Waals surface area contributed by atoms with Gasteiger partial charge in [-0.1, -0.05) is 6.08 Å². The van der Waals surface area contributed by atoms with Crippen LogP contribution in [0.15, 0.2) is 11.6 Å². The van der Waals surface area contributed by atoms with E-state index in [9.17, 15) is 0 Å². The lowest BCUT2D eigenvalue weighted by Crippen LogP contribution is -2.24. The third kappa shape index (κ3) is 1.73. The number of allylic oxidation sites excluding steroid dienone is 1. The van der Waals surface area contributed by atoms with Gasteiger partial charge in [0.05, 0.1) is 5.37 Å². The fourth-order valence-electron chi connectivity index (χ4n) is 0.745. The summed E-state index contributed by atoms with van der Waals surface area (Å²) in [5, 5.41) is 0.373. The molecule has 9 heavy (non-hydrogen) atoms. The standard InChI is InChI=1S/C7H15NS/c1-9(2,3)7(8)6-4-5-6/h4,7H,5,8H2,1-3H3. The first-order valence-corrected chi connectivity index (χ1v) is 6.05. The Hall–Kier alpha value is 0.0500. The Labute approximate surface area is 58.6 Å². The van der Waals surface area contributed by atoms with Gasteiger partial charge in [0.2, 0.25) is 0 Å². The molecular weight excluding hydrogens is 130 g/mol. The van der Waals surface area contributed by atoms with E-state index < -0.39 is 10.0 Å². The van der Waals surface area contributed by atoms with Crippen LogP contribution in [0.1, 0.15) is 6.42 Å². The summed E-state index contributed by atoms with van der Waals surface area (Å²) in [5.74, 6) is 0. The van der Waals surface area contributed by atoms with Crippen molar-refractivity contribution in [2.75, 3.05) is 18.8 Å². The maximum absolute atomic E-state index is 5.92. The van der Waals surface area contributed by atoms with E-state index in [0.717, 1.165) is 0 Å². The van der Waals surface area contributed by atoms with Crippen molar-refractivity contribution in [2.24, 2.45) is 5.73 Å². The zero-order valence-corrected chi connectivity index (χ0v) is 7.16. The molecule has 2 N–H and O–H groups in total. The predicted octanol–water partition coefficient (Wildman–Crippen LogP) is 1.30. The second kappa shape index (κ2) is 2.03. The average molecular weight is 145 g/mol. The maximum atomic E-state index is 5.92. The monoisotopic (exact) mass is 145 g/mol. The highest BCUT2D eigenvalue weighted by molar-refractivity contribution is 8.32. The topological polar surface area (TPSA) is 26.0 Å². The molecule has 1 aliphatic carbocycles. The molecule has 0 amide bonds. The van der Waals surface area contributed by atoms with Crippen molar-refractivity contribution in [3.63, 3.8) is 0 Å². The van der Waals surface area contributed by atoms with Crippen LogP contribution in [0, 0.1) is 0 Å². The Kier molecular flexibility index (Phi) is 1.61. The first-order valence-electron chi connectivity index (χ1n) is 3.13. The molecule has 1 rings (SSSR count). The molecule has 0 bridgehead atoms. The van der Waals surface area contributed by atoms with Crippen LogP contribution in [-0.2, 0) is 0 Å². The van der Waals surface area contributed by atoms with E-state index in [2.05, 4.69) is 24.8 Å². The Morgan fingerprint density at radius 3 is 2.11 bits per heavy atom. The van der Waals surface area contributed by atoms with Crippen molar-refractivity contribution in [2.45, 2.75) is 11.8 Å². The normalized spacial score (nSPS) is 22.9. The highest BCUT2D eigenvalue weighted by Gasteiger charge is 2.23. The molecule has 0 radical (unpaired) electrons. The van der Waals surface area contributed by atoms with Crippen LogP contribution >= 0.6 is 10.0 Å². The number of hydrogen-bond donors (Lipinski definition) is 1. The van der Waals surface area contributed by atoms with Crippen LogP contribution in [0.3, 0.4) is 0 Å². The van der Waals surface area contributed by atoms with Gasteiger partial charge in [-0.2, -0.15) is 0 Å². The Morgan fingerprint density at radius 1 is 1.56 bits per heavy atom. The minimum absolute atomic E-state index is 0.373. The lowest BCUT2D eigenvalue weighted by molar-refractivity contribution is 1.09. The van der Waals surface area contributed by atoms with E-state index in [4.69, 9.17) is 5.73 Å². The highest BCUT2D eigenvalue weighted by atomic mass is 32.3. The summed E-state index contributed by atoms with van der Waals surface area (Å²) >= 11 is 0. The zero-order chi connectivity index (χ0) is 7.07. The molecular formula is C7H15NS. The van der Waals surface area contributed by atoms with E-state index in [-0.39, 0.29) is 0 Å². The van der Waals surface area contributed by atoms with Crippen LogP contribution in [0.4, 0.5) is 0 Å². The maximum Gasteiger partial charge on any atom is 0.0566 e. The molecule has 0 saturated carbocycles. The Bertz CT molecular complexity index is 143. The largest absolute Gasteiger partial charge is 0.317 e. The molecule has 1 aliphatic rings. The number of hydrogen-bond acceptors (Lipinski definition) is 1. The van der Waals surface area contributed by atoms with Crippen LogP contribution in [0.5, 0.6) is 0 Å². The van der Waals surface area contributed by atoms with Crippen molar-refractivity contribution < 1.29 is 0 Å². The minimum atomic E-state index is -0.530. The van der Waals surface area contributed by atoms with E-state index in [1.807, 2.05) is 0 Å². The average Bonchev–Trinajstić information content (AvgIpc) is 2.40. The number of nitrogens with two attached hydrogens (primary N) is 1. The summed E-state index contributed by atoms with van der Waals surface area (Å²) in [4.78, 5) is 0. The quantitative estimate of drug-likeness (QED) is 0.582. The molecule has 0 heterocycles. The molecule has 2 heteroatoms. The molecule has 0 saturated heterocycles.